The number of ether oxygens (including phenoxy) is 1. The van der Waals surface area contributed by atoms with E-state index in [1.807, 2.05) is 49.4 Å². The topological polar surface area (TPSA) is 84.5 Å². The molecule has 6 nitrogen and oxygen atoms in total. The summed E-state index contributed by atoms with van der Waals surface area (Å²) in [6, 6.07) is 23.2. The number of rotatable bonds is 5. The van der Waals surface area contributed by atoms with Crippen molar-refractivity contribution in [2.24, 2.45) is 0 Å². The Morgan fingerprint density at radius 1 is 0.935 bits per heavy atom. The summed E-state index contributed by atoms with van der Waals surface area (Å²) in [5, 5.41) is 5.70. The zero-order chi connectivity index (χ0) is 21.8. The number of carbonyl (C=O) groups is 3. The standard InChI is InChI=1S/C25H22N2O4/c1-16(17-9-3-2-4-10-17)26-23(28)20-13-7-8-14-21(20)27-24(29)22-15-18-11-5-6-12-19(18)25(30)31-22/h2-14,16,22H,15H2,1H3,(H,26,28)(H,27,29)/t16-,22+/m1/s1. The normalized spacial score (nSPS) is 15.9. The predicted octanol–water partition coefficient (Wildman–Crippen LogP) is 3.90. The van der Waals surface area contributed by atoms with Crippen molar-refractivity contribution in [1.82, 2.24) is 5.32 Å². The third-order valence-electron chi connectivity index (χ3n) is 5.26. The van der Waals surface area contributed by atoms with Crippen LogP contribution < -0.4 is 10.6 Å². The lowest BCUT2D eigenvalue weighted by molar-refractivity contribution is -0.125. The second-order valence-electron chi connectivity index (χ2n) is 7.40. The number of para-hydroxylation sites is 1. The lowest BCUT2D eigenvalue weighted by Crippen LogP contribution is -2.38. The summed E-state index contributed by atoms with van der Waals surface area (Å²) < 4.78 is 5.32. The van der Waals surface area contributed by atoms with Gasteiger partial charge in [-0.05, 0) is 36.2 Å². The number of esters is 1. The van der Waals surface area contributed by atoms with E-state index in [0.717, 1.165) is 11.1 Å². The quantitative estimate of drug-likeness (QED) is 0.620. The molecule has 4 rings (SSSR count). The number of benzene rings is 3. The van der Waals surface area contributed by atoms with E-state index in [9.17, 15) is 14.4 Å². The first-order chi connectivity index (χ1) is 15.0. The molecule has 2 N–H and O–H groups in total. The molecule has 0 bridgehead atoms. The number of cyclic esters (lactones) is 1. The molecule has 0 spiro atoms. The maximum absolute atomic E-state index is 12.9. The van der Waals surface area contributed by atoms with E-state index in [1.54, 1.807) is 36.4 Å². The summed E-state index contributed by atoms with van der Waals surface area (Å²) in [7, 11) is 0. The van der Waals surface area contributed by atoms with Gasteiger partial charge in [0.2, 0.25) is 0 Å². The Morgan fingerprint density at radius 2 is 1.61 bits per heavy atom. The van der Waals surface area contributed by atoms with Crippen molar-refractivity contribution in [3.8, 4) is 0 Å². The Hall–Kier alpha value is -3.93. The second kappa shape index (κ2) is 8.83. The van der Waals surface area contributed by atoms with E-state index in [4.69, 9.17) is 4.74 Å². The van der Waals surface area contributed by atoms with E-state index >= 15 is 0 Å². The van der Waals surface area contributed by atoms with E-state index in [2.05, 4.69) is 10.6 Å². The number of hydrogen-bond donors (Lipinski definition) is 2. The number of anilines is 1. The number of amides is 2. The highest BCUT2D eigenvalue weighted by Gasteiger charge is 2.31. The molecule has 1 aliphatic heterocycles. The van der Waals surface area contributed by atoms with Crippen LogP contribution in [0.15, 0.2) is 78.9 Å². The van der Waals surface area contributed by atoms with Gasteiger partial charge >= 0.3 is 5.97 Å². The van der Waals surface area contributed by atoms with Crippen molar-refractivity contribution in [3.05, 3.63) is 101 Å². The largest absolute Gasteiger partial charge is 0.448 e. The first kappa shape index (κ1) is 20.3. The molecule has 0 aliphatic carbocycles. The van der Waals surface area contributed by atoms with E-state index in [0.29, 0.717) is 16.8 Å². The summed E-state index contributed by atoms with van der Waals surface area (Å²) >= 11 is 0. The van der Waals surface area contributed by atoms with Gasteiger partial charge in [-0.25, -0.2) is 4.79 Å². The molecule has 1 aliphatic rings. The molecule has 0 aromatic heterocycles. The predicted molar refractivity (Wildman–Crippen MR) is 117 cm³/mol. The van der Waals surface area contributed by atoms with Crippen LogP contribution in [0.3, 0.4) is 0 Å². The lowest BCUT2D eigenvalue weighted by atomic mass is 9.98. The van der Waals surface area contributed by atoms with Crippen molar-refractivity contribution in [2.75, 3.05) is 5.32 Å². The summed E-state index contributed by atoms with van der Waals surface area (Å²) in [5.41, 5.74) is 2.91. The molecule has 0 fully saturated rings. The van der Waals surface area contributed by atoms with Gasteiger partial charge in [-0.3, -0.25) is 9.59 Å². The Morgan fingerprint density at radius 3 is 2.42 bits per heavy atom. The molecule has 3 aromatic carbocycles. The van der Waals surface area contributed by atoms with E-state index < -0.39 is 18.0 Å². The summed E-state index contributed by atoms with van der Waals surface area (Å²) in [6.07, 6.45) is -0.672. The Balaban J connectivity index is 1.48. The third kappa shape index (κ3) is 4.48. The average molecular weight is 414 g/mol. The van der Waals surface area contributed by atoms with Crippen LogP contribution in [0.2, 0.25) is 0 Å². The molecular formula is C25H22N2O4. The van der Waals surface area contributed by atoms with Crippen LogP contribution in [0.25, 0.3) is 0 Å². The van der Waals surface area contributed by atoms with Crippen molar-refractivity contribution in [2.45, 2.75) is 25.5 Å². The van der Waals surface area contributed by atoms with Gasteiger partial charge in [0.1, 0.15) is 0 Å². The monoisotopic (exact) mass is 414 g/mol. The molecule has 3 aromatic rings. The maximum Gasteiger partial charge on any atom is 0.339 e. The van der Waals surface area contributed by atoms with Crippen LogP contribution in [0.4, 0.5) is 5.69 Å². The number of nitrogens with one attached hydrogen (secondary N) is 2. The van der Waals surface area contributed by atoms with Gasteiger partial charge in [0.15, 0.2) is 6.10 Å². The molecule has 0 saturated heterocycles. The van der Waals surface area contributed by atoms with Gasteiger partial charge in [-0.15, -0.1) is 0 Å². The summed E-state index contributed by atoms with van der Waals surface area (Å²) in [5.74, 6) is -1.30. The number of carbonyl (C=O) groups excluding carboxylic acids is 3. The summed E-state index contributed by atoms with van der Waals surface area (Å²) in [4.78, 5) is 37.9. The van der Waals surface area contributed by atoms with Gasteiger partial charge in [0.05, 0.1) is 22.9 Å². The summed E-state index contributed by atoms with van der Waals surface area (Å²) in [6.45, 7) is 1.90. The van der Waals surface area contributed by atoms with Crippen molar-refractivity contribution >= 4 is 23.5 Å². The SMILES string of the molecule is C[C@@H](NC(=O)c1ccccc1NC(=O)[C@@H]1Cc2ccccc2C(=O)O1)c1ccccc1. The number of hydrogen-bond acceptors (Lipinski definition) is 4. The first-order valence-electron chi connectivity index (χ1n) is 10.1. The van der Waals surface area contributed by atoms with Crippen LogP contribution in [0.5, 0.6) is 0 Å². The molecule has 0 radical (unpaired) electrons. The maximum atomic E-state index is 12.9. The molecular weight excluding hydrogens is 392 g/mol. The minimum absolute atomic E-state index is 0.201. The van der Waals surface area contributed by atoms with Gasteiger partial charge in [0, 0.05) is 6.42 Å². The van der Waals surface area contributed by atoms with Crippen LogP contribution in [0.1, 0.15) is 44.8 Å². The van der Waals surface area contributed by atoms with Crippen molar-refractivity contribution in [1.29, 1.82) is 0 Å². The highest BCUT2D eigenvalue weighted by Crippen LogP contribution is 2.23. The van der Waals surface area contributed by atoms with Crippen molar-refractivity contribution in [3.63, 3.8) is 0 Å². The smallest absolute Gasteiger partial charge is 0.339 e. The molecule has 156 valence electrons. The molecule has 6 heteroatoms. The zero-order valence-corrected chi connectivity index (χ0v) is 17.0. The molecule has 31 heavy (non-hydrogen) atoms. The highest BCUT2D eigenvalue weighted by atomic mass is 16.5. The van der Waals surface area contributed by atoms with Gasteiger partial charge in [-0.2, -0.15) is 0 Å². The van der Waals surface area contributed by atoms with Crippen LogP contribution in [0, 0.1) is 0 Å². The Bertz CT molecular complexity index is 1130. The Kier molecular flexibility index (Phi) is 5.80. The molecule has 2 amide bonds. The number of fused-ring (bicyclic) bond motifs is 1. The highest BCUT2D eigenvalue weighted by molar-refractivity contribution is 6.06. The van der Waals surface area contributed by atoms with E-state index in [-0.39, 0.29) is 18.4 Å². The van der Waals surface area contributed by atoms with Gasteiger partial charge < -0.3 is 15.4 Å². The Labute approximate surface area is 180 Å². The first-order valence-corrected chi connectivity index (χ1v) is 10.1. The van der Waals surface area contributed by atoms with Crippen LogP contribution in [-0.4, -0.2) is 23.9 Å². The van der Waals surface area contributed by atoms with Gasteiger partial charge in [0.25, 0.3) is 11.8 Å². The minimum atomic E-state index is -0.957. The second-order valence-corrected chi connectivity index (χ2v) is 7.40. The fraction of sp³-hybridized carbons (Fsp3) is 0.160. The minimum Gasteiger partial charge on any atom is -0.448 e. The third-order valence-corrected chi connectivity index (χ3v) is 5.26. The van der Waals surface area contributed by atoms with Crippen molar-refractivity contribution < 1.29 is 19.1 Å². The van der Waals surface area contributed by atoms with Crippen LogP contribution in [-0.2, 0) is 16.0 Å². The molecule has 0 unspecified atom stereocenters. The molecule has 1 heterocycles. The fourth-order valence-electron chi connectivity index (χ4n) is 3.58. The van der Waals surface area contributed by atoms with Crippen LogP contribution >= 0.6 is 0 Å². The lowest BCUT2D eigenvalue weighted by Gasteiger charge is -2.24. The van der Waals surface area contributed by atoms with Gasteiger partial charge in [-0.1, -0.05) is 60.7 Å². The fourth-order valence-corrected chi connectivity index (χ4v) is 3.58. The average Bonchev–Trinajstić information content (AvgIpc) is 2.80. The molecule has 0 saturated carbocycles. The molecule has 2 atom stereocenters. The zero-order valence-electron chi connectivity index (χ0n) is 17.0. The van der Waals surface area contributed by atoms with E-state index in [1.165, 1.54) is 0 Å².